The summed E-state index contributed by atoms with van der Waals surface area (Å²) in [4.78, 5) is 0.969. The predicted molar refractivity (Wildman–Crippen MR) is 118 cm³/mol. The first kappa shape index (κ1) is 19.6. The third-order valence-corrected chi connectivity index (χ3v) is 5.89. The summed E-state index contributed by atoms with van der Waals surface area (Å²) in [5.41, 5.74) is 1.96. The number of rotatable bonds is 6. The molecule has 0 spiro atoms. The Morgan fingerprint density at radius 1 is 1.31 bits per heavy atom. The van der Waals surface area contributed by atoms with Crippen LogP contribution in [0.4, 0.5) is 0 Å². The van der Waals surface area contributed by atoms with Crippen molar-refractivity contribution in [3.63, 3.8) is 0 Å². The Morgan fingerprint density at radius 2 is 2.10 bits per heavy atom. The highest BCUT2D eigenvalue weighted by Gasteiger charge is 2.09. The Balaban J connectivity index is 1.47. The molecule has 0 aliphatic rings. The van der Waals surface area contributed by atoms with Crippen LogP contribution in [0.25, 0.3) is 10.7 Å². The lowest BCUT2D eigenvalue weighted by Crippen LogP contribution is -1.95. The maximum Gasteiger partial charge on any atom is 0.216 e. The number of aromatic nitrogens is 3. The first-order valence-corrected chi connectivity index (χ1v) is 10.4. The summed E-state index contributed by atoms with van der Waals surface area (Å²) >= 11 is 13.0. The van der Waals surface area contributed by atoms with Crippen LogP contribution in [0.1, 0.15) is 22.6 Å². The van der Waals surface area contributed by atoms with Crippen molar-refractivity contribution in [3.8, 4) is 16.5 Å². The monoisotopic (exact) mass is 444 g/mol. The molecule has 148 valence electrons. The number of nitrogens with one attached hydrogen (secondary N) is 1. The lowest BCUT2D eigenvalue weighted by atomic mass is 10.1. The van der Waals surface area contributed by atoms with Crippen LogP contribution >= 0.6 is 35.2 Å². The van der Waals surface area contributed by atoms with Gasteiger partial charge in [-0.2, -0.15) is 14.9 Å². The van der Waals surface area contributed by atoms with Gasteiger partial charge < -0.3 is 9.15 Å². The van der Waals surface area contributed by atoms with Gasteiger partial charge in [-0.05, 0) is 72.9 Å². The largest absolute Gasteiger partial charge is 0.486 e. The number of ether oxygens (including phenoxy) is 1. The molecule has 0 aliphatic heterocycles. The average molecular weight is 445 g/mol. The molecule has 6 nitrogen and oxygen atoms in total. The van der Waals surface area contributed by atoms with E-state index < -0.39 is 0 Å². The fourth-order valence-electron chi connectivity index (χ4n) is 2.76. The summed E-state index contributed by atoms with van der Waals surface area (Å²) < 4.78 is 13.6. The lowest BCUT2D eigenvalue weighted by molar-refractivity contribution is 0.269. The van der Waals surface area contributed by atoms with Gasteiger partial charge in [-0.1, -0.05) is 17.7 Å². The van der Waals surface area contributed by atoms with E-state index in [1.54, 1.807) is 22.2 Å². The topological polar surface area (TPSA) is 68.3 Å². The molecule has 0 atom stereocenters. The molecule has 9 heteroatoms. The molecule has 4 rings (SSSR count). The van der Waals surface area contributed by atoms with Crippen LogP contribution in [-0.4, -0.2) is 21.1 Å². The standard InChI is InChI=1S/C20H17ClN4O2S2/c1-12-8-16(9-13(2)18(12)21)26-11-15-6-5-14(27-15)10-22-25-19(23-24-20(25)28)17-4-3-7-29-17/h3-10H,11H2,1-2H3,(H,24,28). The van der Waals surface area contributed by atoms with Crippen molar-refractivity contribution in [1.82, 2.24) is 14.9 Å². The Morgan fingerprint density at radius 3 is 2.83 bits per heavy atom. The van der Waals surface area contributed by atoms with Crippen LogP contribution in [0.2, 0.25) is 5.02 Å². The molecule has 0 saturated carbocycles. The number of benzene rings is 1. The molecule has 3 heterocycles. The zero-order valence-electron chi connectivity index (χ0n) is 15.7. The Hall–Kier alpha value is -2.68. The molecular weight excluding hydrogens is 428 g/mol. The second-order valence-corrected chi connectivity index (χ2v) is 8.06. The molecular formula is C20H17ClN4O2S2. The molecule has 1 aromatic carbocycles. The average Bonchev–Trinajstić information content (AvgIpc) is 3.44. The molecule has 0 aliphatic carbocycles. The van der Waals surface area contributed by atoms with Crippen LogP contribution in [0.15, 0.2) is 51.3 Å². The minimum atomic E-state index is 0.305. The van der Waals surface area contributed by atoms with E-state index in [0.29, 0.717) is 28.7 Å². The number of H-pyrrole nitrogens is 1. The predicted octanol–water partition coefficient (Wildman–Crippen LogP) is 5.99. The summed E-state index contributed by atoms with van der Waals surface area (Å²) in [5, 5.41) is 14.2. The maximum atomic E-state index is 6.20. The van der Waals surface area contributed by atoms with Crippen LogP contribution in [-0.2, 0) is 6.61 Å². The summed E-state index contributed by atoms with van der Waals surface area (Å²) in [5.74, 6) is 2.68. The number of nitrogens with zero attached hydrogens (tertiary/aromatic N) is 3. The summed E-state index contributed by atoms with van der Waals surface area (Å²) in [6.07, 6.45) is 1.60. The number of thiophene rings is 1. The molecule has 0 unspecified atom stereocenters. The number of hydrogen-bond acceptors (Lipinski definition) is 6. The fraction of sp³-hybridized carbons (Fsp3) is 0.150. The maximum absolute atomic E-state index is 6.20. The number of aromatic amines is 1. The van der Waals surface area contributed by atoms with Crippen molar-refractivity contribution < 1.29 is 9.15 Å². The molecule has 0 saturated heterocycles. The lowest BCUT2D eigenvalue weighted by Gasteiger charge is -2.08. The van der Waals surface area contributed by atoms with Crippen LogP contribution in [0, 0.1) is 18.6 Å². The molecule has 0 amide bonds. The van der Waals surface area contributed by atoms with Gasteiger partial charge >= 0.3 is 0 Å². The van der Waals surface area contributed by atoms with E-state index >= 15 is 0 Å². The molecule has 4 aromatic rings. The van der Waals surface area contributed by atoms with Gasteiger partial charge in [0.1, 0.15) is 23.9 Å². The van der Waals surface area contributed by atoms with E-state index in [9.17, 15) is 0 Å². The van der Waals surface area contributed by atoms with Crippen molar-refractivity contribution >= 4 is 41.4 Å². The third-order valence-electron chi connectivity index (χ3n) is 4.17. The summed E-state index contributed by atoms with van der Waals surface area (Å²) in [6, 6.07) is 11.4. The zero-order valence-corrected chi connectivity index (χ0v) is 18.1. The van der Waals surface area contributed by atoms with Crippen molar-refractivity contribution in [1.29, 1.82) is 0 Å². The molecule has 1 N–H and O–H groups in total. The summed E-state index contributed by atoms with van der Waals surface area (Å²) in [7, 11) is 0. The van der Waals surface area contributed by atoms with Crippen LogP contribution < -0.4 is 4.74 Å². The number of halogens is 1. The Labute approximate surface area is 181 Å². The first-order valence-electron chi connectivity index (χ1n) is 8.75. The minimum Gasteiger partial charge on any atom is -0.486 e. The first-order chi connectivity index (χ1) is 14.0. The Bertz CT molecular complexity index is 1200. The second kappa shape index (κ2) is 8.36. The highest BCUT2D eigenvalue weighted by atomic mass is 35.5. The fourth-order valence-corrected chi connectivity index (χ4v) is 3.75. The van der Waals surface area contributed by atoms with Crippen LogP contribution in [0.5, 0.6) is 5.75 Å². The van der Waals surface area contributed by atoms with Gasteiger partial charge in [-0.3, -0.25) is 0 Å². The quantitative estimate of drug-likeness (QED) is 0.293. The normalized spacial score (nSPS) is 11.4. The van der Waals surface area contributed by atoms with Crippen molar-refractivity contribution in [3.05, 3.63) is 74.2 Å². The number of aryl methyl sites for hydroxylation is 2. The van der Waals surface area contributed by atoms with E-state index in [0.717, 1.165) is 26.8 Å². The highest BCUT2D eigenvalue weighted by molar-refractivity contribution is 7.71. The number of hydrogen-bond donors (Lipinski definition) is 1. The van der Waals surface area contributed by atoms with E-state index in [2.05, 4.69) is 15.3 Å². The van der Waals surface area contributed by atoms with Gasteiger partial charge in [-0.25, -0.2) is 5.10 Å². The Kier molecular flexibility index (Phi) is 5.66. The molecule has 0 bridgehead atoms. The van der Waals surface area contributed by atoms with E-state index in [4.69, 9.17) is 33.0 Å². The molecule has 0 radical (unpaired) electrons. The van der Waals surface area contributed by atoms with E-state index in [1.165, 1.54) is 0 Å². The highest BCUT2D eigenvalue weighted by Crippen LogP contribution is 2.26. The SMILES string of the molecule is Cc1cc(OCc2ccc(C=Nn3c(-c4cccs4)n[nH]c3=S)o2)cc(C)c1Cl. The van der Waals surface area contributed by atoms with E-state index in [1.807, 2.05) is 55.6 Å². The van der Waals surface area contributed by atoms with Crippen molar-refractivity contribution in [2.75, 3.05) is 0 Å². The number of furan rings is 1. The van der Waals surface area contributed by atoms with Crippen molar-refractivity contribution in [2.24, 2.45) is 5.10 Å². The smallest absolute Gasteiger partial charge is 0.216 e. The van der Waals surface area contributed by atoms with Gasteiger partial charge in [0.15, 0.2) is 5.82 Å². The van der Waals surface area contributed by atoms with Crippen molar-refractivity contribution in [2.45, 2.75) is 20.5 Å². The molecule has 29 heavy (non-hydrogen) atoms. The molecule has 3 aromatic heterocycles. The van der Waals surface area contributed by atoms with Gasteiger partial charge in [0.25, 0.3) is 0 Å². The minimum absolute atomic E-state index is 0.305. The van der Waals surface area contributed by atoms with E-state index in [-0.39, 0.29) is 0 Å². The second-order valence-electron chi connectivity index (χ2n) is 6.35. The summed E-state index contributed by atoms with van der Waals surface area (Å²) in [6.45, 7) is 4.21. The molecule has 0 fully saturated rings. The zero-order chi connectivity index (χ0) is 20.4. The van der Waals surface area contributed by atoms with Gasteiger partial charge in [0, 0.05) is 5.02 Å². The van der Waals surface area contributed by atoms with Gasteiger partial charge in [0.05, 0.1) is 11.1 Å². The van der Waals surface area contributed by atoms with Gasteiger partial charge in [0.2, 0.25) is 4.77 Å². The third kappa shape index (κ3) is 4.34. The van der Waals surface area contributed by atoms with Gasteiger partial charge in [-0.15, -0.1) is 11.3 Å². The van der Waals surface area contributed by atoms with Crippen LogP contribution in [0.3, 0.4) is 0 Å².